The Morgan fingerprint density at radius 3 is 2.31 bits per heavy atom. The second kappa shape index (κ2) is 18.4. The summed E-state index contributed by atoms with van der Waals surface area (Å²) in [5.41, 5.74) is 2.31. The molecule has 1 N–H and O–H groups in total. The molecule has 58 heavy (non-hydrogen) atoms. The van der Waals surface area contributed by atoms with Gasteiger partial charge in [0, 0.05) is 67.9 Å². The number of carbonyl (C=O) groups is 2. The first-order valence-corrected chi connectivity index (χ1v) is 22.5. The van der Waals surface area contributed by atoms with E-state index in [0.29, 0.717) is 36.4 Å². The Balaban J connectivity index is 0.964. The molecule has 3 atom stereocenters. The fourth-order valence-corrected chi connectivity index (χ4v) is 11.5. The average molecular weight is 814 g/mol. The molecule has 312 valence electrons. The van der Waals surface area contributed by atoms with Crippen LogP contribution >= 0.6 is 0 Å². The maximum absolute atomic E-state index is 15.0. The van der Waals surface area contributed by atoms with Gasteiger partial charge in [0.2, 0.25) is 15.7 Å². The molecule has 1 saturated carbocycles. The van der Waals surface area contributed by atoms with Gasteiger partial charge in [0.05, 0.1) is 16.9 Å². The monoisotopic (exact) mass is 813 g/mol. The van der Waals surface area contributed by atoms with Crippen LogP contribution in [-0.2, 0) is 29.6 Å². The number of rotatable bonds is 16. The molecule has 3 aromatic rings. The second-order valence-corrected chi connectivity index (χ2v) is 19.2. The highest BCUT2D eigenvalue weighted by Gasteiger charge is 2.53. The van der Waals surface area contributed by atoms with E-state index in [2.05, 4.69) is 26.1 Å². The molecule has 1 amide bonds. The van der Waals surface area contributed by atoms with E-state index >= 15 is 4.39 Å². The predicted octanol–water partition coefficient (Wildman–Crippen LogP) is 6.49. The van der Waals surface area contributed by atoms with Crippen LogP contribution in [0.3, 0.4) is 0 Å². The molecular weight excluding hydrogens is 754 g/mol. The number of hydrogen-bond acceptors (Lipinski definition) is 9. The molecule has 1 aliphatic carbocycles. The number of amides is 1. The summed E-state index contributed by atoms with van der Waals surface area (Å²) in [5, 5.41) is 2.75. The lowest BCUT2D eigenvalue weighted by atomic mass is 9.56. The number of piperidine rings is 1. The van der Waals surface area contributed by atoms with Crippen molar-refractivity contribution in [1.29, 1.82) is 0 Å². The Labute approximate surface area is 344 Å². The zero-order valence-corrected chi connectivity index (χ0v) is 35.1. The fourth-order valence-electron chi connectivity index (χ4n) is 10.2. The SMILES string of the molecule is COC(=O)C[C@H]1CCC[C@@H]1[C@](CN1CCC1)(c1cccc(F)c1)C1CCN(CC2CN(c3ccc(S(=O)(=O)c4cccc(NC(=O)/C=C/CN(C)C)c4)cc3)C2)CC1. The van der Waals surface area contributed by atoms with Gasteiger partial charge in [-0.3, -0.25) is 9.59 Å². The van der Waals surface area contributed by atoms with Crippen LogP contribution < -0.4 is 10.2 Å². The van der Waals surface area contributed by atoms with Crippen molar-refractivity contribution < 1.29 is 27.1 Å². The maximum Gasteiger partial charge on any atom is 0.305 e. The highest BCUT2D eigenvalue weighted by Crippen LogP contribution is 2.54. The number of ether oxygens (including phenoxy) is 1. The summed E-state index contributed by atoms with van der Waals surface area (Å²) in [6.07, 6.45) is 10.1. The standard InChI is InChI=1S/C46H60FN5O5S/c1-49(2)22-7-15-44(53)48-39-12-6-13-42(29-39)58(55,56)41-18-16-40(17-19-41)52-31-34(32-52)30-50-25-20-36(21-26-50)46(33-51-23-8-24-51,37-10-5-11-38(47)28-37)43-14-4-9-35(43)27-45(54)57-3/h5-7,10-13,15-19,28-29,34-36,43H,4,8-9,14,20-27,30-33H2,1-3H3,(H,48,53)/b15-7+/t35-,43+,46+/m1/s1. The lowest BCUT2D eigenvalue weighted by molar-refractivity contribution is -0.142. The van der Waals surface area contributed by atoms with Gasteiger partial charge in [-0.2, -0.15) is 0 Å². The maximum atomic E-state index is 15.0. The van der Waals surface area contributed by atoms with Crippen LogP contribution in [0.4, 0.5) is 15.8 Å². The minimum Gasteiger partial charge on any atom is -0.469 e. The van der Waals surface area contributed by atoms with Gasteiger partial charge in [0.25, 0.3) is 0 Å². The average Bonchev–Trinajstić information content (AvgIpc) is 3.64. The van der Waals surface area contributed by atoms with Crippen LogP contribution in [0.5, 0.6) is 0 Å². The first kappa shape index (κ1) is 42.0. The van der Waals surface area contributed by atoms with Crippen molar-refractivity contribution in [3.63, 3.8) is 0 Å². The minimum absolute atomic E-state index is 0.126. The van der Waals surface area contributed by atoms with Crippen molar-refractivity contribution in [2.24, 2.45) is 23.7 Å². The van der Waals surface area contributed by atoms with Crippen LogP contribution in [0.15, 0.2) is 94.7 Å². The van der Waals surface area contributed by atoms with E-state index in [9.17, 15) is 18.0 Å². The van der Waals surface area contributed by atoms with Crippen molar-refractivity contribution in [1.82, 2.24) is 14.7 Å². The molecule has 7 rings (SSSR count). The number of methoxy groups -OCH3 is 1. The Morgan fingerprint density at radius 2 is 1.64 bits per heavy atom. The molecular formula is C46H60FN5O5S. The smallest absolute Gasteiger partial charge is 0.305 e. The lowest BCUT2D eigenvalue weighted by Gasteiger charge is -2.54. The van der Waals surface area contributed by atoms with Gasteiger partial charge >= 0.3 is 5.97 Å². The van der Waals surface area contributed by atoms with Crippen LogP contribution in [0.2, 0.25) is 0 Å². The number of likely N-dealkylation sites (N-methyl/N-ethyl adjacent to an activating group) is 1. The normalized spacial score (nSPS) is 22.1. The van der Waals surface area contributed by atoms with E-state index in [1.165, 1.54) is 25.7 Å². The molecule has 12 heteroatoms. The zero-order chi connectivity index (χ0) is 40.9. The molecule has 0 bridgehead atoms. The summed E-state index contributed by atoms with van der Waals surface area (Å²) in [7, 11) is 1.52. The second-order valence-electron chi connectivity index (χ2n) is 17.3. The summed E-state index contributed by atoms with van der Waals surface area (Å²) < 4.78 is 47.3. The Hall–Kier alpha value is -4.10. The Kier molecular flexibility index (Phi) is 13.4. The molecule has 3 heterocycles. The van der Waals surface area contributed by atoms with Crippen LogP contribution in [0.1, 0.15) is 50.5 Å². The third-order valence-corrected chi connectivity index (χ3v) is 15.0. The molecule has 4 fully saturated rings. The number of likely N-dealkylation sites (tertiary alicyclic amines) is 2. The number of sulfone groups is 1. The molecule has 0 aromatic heterocycles. The fraction of sp³-hybridized carbons (Fsp3) is 0.522. The number of nitrogens with one attached hydrogen (secondary N) is 1. The van der Waals surface area contributed by atoms with E-state index in [1.54, 1.807) is 48.5 Å². The number of hydrogen-bond donors (Lipinski definition) is 1. The lowest BCUT2D eigenvalue weighted by Crippen LogP contribution is -2.58. The van der Waals surface area contributed by atoms with E-state index in [1.807, 2.05) is 37.2 Å². The predicted molar refractivity (Wildman–Crippen MR) is 226 cm³/mol. The number of halogens is 1. The first-order chi connectivity index (χ1) is 27.9. The molecule has 10 nitrogen and oxygen atoms in total. The summed E-state index contributed by atoms with van der Waals surface area (Å²) in [4.78, 5) is 34.7. The van der Waals surface area contributed by atoms with Crippen LogP contribution in [-0.4, -0.2) is 115 Å². The van der Waals surface area contributed by atoms with E-state index in [-0.39, 0.29) is 38.8 Å². The first-order valence-electron chi connectivity index (χ1n) is 21.0. The molecule has 4 aliphatic rings. The zero-order valence-electron chi connectivity index (χ0n) is 34.3. The van der Waals surface area contributed by atoms with Gasteiger partial charge in [0.1, 0.15) is 5.82 Å². The minimum atomic E-state index is -3.79. The quantitative estimate of drug-likeness (QED) is 0.129. The van der Waals surface area contributed by atoms with Gasteiger partial charge in [0.15, 0.2) is 0 Å². The topological polar surface area (TPSA) is 102 Å². The summed E-state index contributed by atoms with van der Waals surface area (Å²) >= 11 is 0. The number of nitrogens with zero attached hydrogens (tertiary/aromatic N) is 4. The number of esters is 1. The summed E-state index contributed by atoms with van der Waals surface area (Å²) in [5.74, 6) is 0.787. The van der Waals surface area contributed by atoms with Gasteiger partial charge in [-0.25, -0.2) is 12.8 Å². The van der Waals surface area contributed by atoms with Crippen LogP contribution in [0.25, 0.3) is 0 Å². The van der Waals surface area contributed by atoms with Crippen molar-refractivity contribution in [3.8, 4) is 0 Å². The number of anilines is 2. The van der Waals surface area contributed by atoms with Crippen LogP contribution in [0, 0.1) is 29.5 Å². The Bertz CT molecular complexity index is 2030. The number of benzene rings is 3. The Morgan fingerprint density at radius 1 is 0.897 bits per heavy atom. The molecule has 0 spiro atoms. The molecule has 3 saturated heterocycles. The third-order valence-electron chi connectivity index (χ3n) is 13.2. The molecule has 3 aromatic carbocycles. The highest BCUT2D eigenvalue weighted by atomic mass is 32.2. The van der Waals surface area contributed by atoms with Gasteiger partial charge in [-0.05, 0) is 150 Å². The van der Waals surface area contributed by atoms with Gasteiger partial charge in [-0.15, -0.1) is 0 Å². The van der Waals surface area contributed by atoms with Crippen molar-refractivity contribution in [3.05, 3.63) is 96.3 Å². The van der Waals surface area contributed by atoms with Crippen molar-refractivity contribution in [2.75, 3.05) is 90.3 Å². The third kappa shape index (κ3) is 9.51. The van der Waals surface area contributed by atoms with E-state index in [4.69, 9.17) is 4.74 Å². The molecule has 0 unspecified atom stereocenters. The molecule has 3 aliphatic heterocycles. The molecule has 0 radical (unpaired) electrons. The largest absolute Gasteiger partial charge is 0.469 e. The van der Waals surface area contributed by atoms with E-state index < -0.39 is 9.84 Å². The summed E-state index contributed by atoms with van der Waals surface area (Å²) in [6.45, 7) is 8.53. The van der Waals surface area contributed by atoms with Gasteiger partial charge < -0.3 is 29.7 Å². The number of carbonyl (C=O) groups excluding carboxylic acids is 2. The van der Waals surface area contributed by atoms with Crippen molar-refractivity contribution >= 4 is 33.1 Å². The van der Waals surface area contributed by atoms with E-state index in [0.717, 1.165) is 95.7 Å². The van der Waals surface area contributed by atoms with Crippen molar-refractivity contribution in [2.45, 2.75) is 60.2 Å². The highest BCUT2D eigenvalue weighted by molar-refractivity contribution is 7.91. The summed E-state index contributed by atoms with van der Waals surface area (Å²) in [6, 6.07) is 20.8. The van der Waals surface area contributed by atoms with Gasteiger partial charge in [-0.1, -0.05) is 30.7 Å².